The molecule has 3 aromatic rings. The number of aliphatic hydroxyl groups is 1. The van der Waals surface area contributed by atoms with Crippen molar-refractivity contribution in [2.45, 2.75) is 19.4 Å². The minimum Gasteiger partial charge on any atom is -0.390 e. The van der Waals surface area contributed by atoms with Gasteiger partial charge >= 0.3 is 0 Å². The molecule has 0 bridgehead atoms. The number of carbonyl (C=O) groups is 2. The molecule has 10 heteroatoms. The average Bonchev–Trinajstić information content (AvgIpc) is 3.42. The van der Waals surface area contributed by atoms with Crippen molar-refractivity contribution >= 4 is 29.2 Å². The molecule has 208 valence electrons. The monoisotopic (exact) mass is 548 g/mol. The molecule has 1 saturated heterocycles. The zero-order valence-electron chi connectivity index (χ0n) is 22.1. The average molecular weight is 549 g/mol. The fourth-order valence-corrected chi connectivity index (χ4v) is 5.87. The number of nitrogens with one attached hydrogen (secondary N) is 2. The molecule has 4 heterocycles. The molecule has 1 atom stereocenters. The second kappa shape index (κ2) is 10.6. The number of aromatic nitrogens is 1. The summed E-state index contributed by atoms with van der Waals surface area (Å²) in [6, 6.07) is 8.58. The molecule has 3 N–H and O–H groups in total. The van der Waals surface area contributed by atoms with Crippen molar-refractivity contribution in [3.05, 3.63) is 76.1 Å². The predicted octanol–water partition coefficient (Wildman–Crippen LogP) is 3.45. The molecule has 1 unspecified atom stereocenters. The standard InChI is InChI=1S/C30H30F2N4O4/c1-17-25(33-24-8-9-36(30(39)26(17)24)16-18(37)15-35-10-12-40-13-11-35)14-20-27-19(4-2-7-23(27)34-29(20)38)28-21(31)5-3-6-22(28)32/h2-7,14,18,33,37H,8-13,15-16H2,1H3,(H,34,38). The van der Waals surface area contributed by atoms with Gasteiger partial charge in [0.1, 0.15) is 11.6 Å². The molecule has 1 fully saturated rings. The highest BCUT2D eigenvalue weighted by Crippen LogP contribution is 2.42. The van der Waals surface area contributed by atoms with E-state index in [4.69, 9.17) is 4.74 Å². The van der Waals surface area contributed by atoms with Crippen LogP contribution >= 0.6 is 0 Å². The van der Waals surface area contributed by atoms with Crippen LogP contribution < -0.4 is 5.32 Å². The first-order chi connectivity index (χ1) is 19.3. The van der Waals surface area contributed by atoms with Crippen LogP contribution in [-0.2, 0) is 16.0 Å². The summed E-state index contributed by atoms with van der Waals surface area (Å²) in [5, 5.41) is 13.5. The summed E-state index contributed by atoms with van der Waals surface area (Å²) in [6.07, 6.45) is 1.53. The molecular weight excluding hydrogens is 518 g/mol. The molecule has 0 aliphatic carbocycles. The molecule has 40 heavy (non-hydrogen) atoms. The number of morpholine rings is 1. The van der Waals surface area contributed by atoms with Crippen LogP contribution in [0.25, 0.3) is 22.8 Å². The number of rotatable bonds is 6. The van der Waals surface area contributed by atoms with Crippen molar-refractivity contribution in [2.24, 2.45) is 0 Å². The van der Waals surface area contributed by atoms with Gasteiger partial charge in [-0.05, 0) is 42.3 Å². The summed E-state index contributed by atoms with van der Waals surface area (Å²) in [5.41, 5.74) is 3.73. The van der Waals surface area contributed by atoms with Gasteiger partial charge in [-0.15, -0.1) is 0 Å². The minimum atomic E-state index is -0.722. The first-order valence-electron chi connectivity index (χ1n) is 13.4. The fraction of sp³-hybridized carbons (Fsp3) is 0.333. The molecule has 0 spiro atoms. The summed E-state index contributed by atoms with van der Waals surface area (Å²) in [6.45, 7) is 5.76. The van der Waals surface area contributed by atoms with Gasteiger partial charge in [0.25, 0.3) is 11.8 Å². The van der Waals surface area contributed by atoms with Crippen molar-refractivity contribution in [3.63, 3.8) is 0 Å². The van der Waals surface area contributed by atoms with Gasteiger partial charge < -0.3 is 25.0 Å². The van der Waals surface area contributed by atoms with Crippen LogP contribution in [0.4, 0.5) is 14.5 Å². The van der Waals surface area contributed by atoms with Gasteiger partial charge in [-0.2, -0.15) is 0 Å². The Morgan fingerprint density at radius 2 is 1.73 bits per heavy atom. The van der Waals surface area contributed by atoms with Crippen molar-refractivity contribution in [2.75, 3.05) is 51.3 Å². The minimum absolute atomic E-state index is 0.175. The van der Waals surface area contributed by atoms with Crippen LogP contribution in [0.15, 0.2) is 36.4 Å². The van der Waals surface area contributed by atoms with Gasteiger partial charge in [0.2, 0.25) is 0 Å². The summed E-state index contributed by atoms with van der Waals surface area (Å²) in [7, 11) is 0. The third-order valence-corrected chi connectivity index (χ3v) is 7.85. The van der Waals surface area contributed by atoms with E-state index >= 15 is 0 Å². The number of aromatic amines is 1. The van der Waals surface area contributed by atoms with Crippen LogP contribution in [-0.4, -0.2) is 83.7 Å². The second-order valence-electron chi connectivity index (χ2n) is 10.4. The lowest BCUT2D eigenvalue weighted by molar-refractivity contribution is -0.110. The summed E-state index contributed by atoms with van der Waals surface area (Å²) >= 11 is 0. The summed E-state index contributed by atoms with van der Waals surface area (Å²) < 4.78 is 34.8. The number of H-pyrrole nitrogens is 1. The van der Waals surface area contributed by atoms with E-state index in [2.05, 4.69) is 15.2 Å². The highest BCUT2D eigenvalue weighted by Gasteiger charge is 2.33. The maximum Gasteiger partial charge on any atom is 0.256 e. The van der Waals surface area contributed by atoms with Crippen molar-refractivity contribution < 1.29 is 28.2 Å². The number of benzene rings is 2. The Hall–Kier alpha value is -3.86. The van der Waals surface area contributed by atoms with Gasteiger partial charge in [-0.1, -0.05) is 18.2 Å². The molecule has 1 aromatic heterocycles. The van der Waals surface area contributed by atoms with Crippen molar-refractivity contribution in [1.82, 2.24) is 14.8 Å². The lowest BCUT2D eigenvalue weighted by atomic mass is 9.93. The zero-order chi connectivity index (χ0) is 28.0. The van der Waals surface area contributed by atoms with Crippen LogP contribution in [0.3, 0.4) is 0 Å². The Morgan fingerprint density at radius 3 is 2.48 bits per heavy atom. The fourth-order valence-electron chi connectivity index (χ4n) is 5.87. The van der Waals surface area contributed by atoms with E-state index in [1.165, 1.54) is 18.2 Å². The van der Waals surface area contributed by atoms with Crippen LogP contribution in [0, 0.1) is 18.6 Å². The molecule has 0 saturated carbocycles. The van der Waals surface area contributed by atoms with E-state index in [9.17, 15) is 23.5 Å². The lowest BCUT2D eigenvalue weighted by Gasteiger charge is -2.32. The molecule has 2 amide bonds. The highest BCUT2D eigenvalue weighted by molar-refractivity contribution is 6.36. The predicted molar refractivity (Wildman–Crippen MR) is 147 cm³/mol. The Bertz CT molecular complexity index is 1510. The summed E-state index contributed by atoms with van der Waals surface area (Å²) in [5.74, 6) is -2.02. The number of fused-ring (bicyclic) bond motifs is 2. The van der Waals surface area contributed by atoms with E-state index in [1.807, 2.05) is 6.92 Å². The molecule has 2 aromatic carbocycles. The molecule has 3 aliphatic heterocycles. The smallest absolute Gasteiger partial charge is 0.256 e. The third kappa shape index (κ3) is 4.72. The Labute approximate surface area is 230 Å². The third-order valence-electron chi connectivity index (χ3n) is 7.85. The number of β-amino-alcohol motifs (C(OH)–C–C–N with tert-alkyl or cyclic N) is 1. The van der Waals surface area contributed by atoms with Gasteiger partial charge in [0.05, 0.1) is 36.0 Å². The first kappa shape index (κ1) is 26.4. The van der Waals surface area contributed by atoms with Gasteiger partial charge in [0, 0.05) is 61.8 Å². The van der Waals surface area contributed by atoms with Gasteiger partial charge in [0.15, 0.2) is 0 Å². The van der Waals surface area contributed by atoms with E-state index in [-0.39, 0.29) is 29.2 Å². The number of hydrogen-bond donors (Lipinski definition) is 3. The summed E-state index contributed by atoms with van der Waals surface area (Å²) in [4.78, 5) is 33.6. The van der Waals surface area contributed by atoms with Crippen molar-refractivity contribution in [1.29, 1.82) is 0 Å². The number of carbonyl (C=O) groups excluding carboxylic acids is 2. The van der Waals surface area contributed by atoms with Crippen LogP contribution in [0.1, 0.15) is 32.9 Å². The number of aliphatic hydroxyl groups excluding tert-OH is 1. The lowest BCUT2D eigenvalue weighted by Crippen LogP contribution is -2.47. The van der Waals surface area contributed by atoms with E-state index in [0.29, 0.717) is 60.8 Å². The zero-order valence-corrected chi connectivity index (χ0v) is 22.1. The number of nitrogens with zero attached hydrogens (tertiary/aromatic N) is 2. The molecular formula is C30H30F2N4O4. The number of hydrogen-bond acceptors (Lipinski definition) is 5. The molecule has 8 nitrogen and oxygen atoms in total. The normalized spacial score (nSPS) is 19.1. The largest absolute Gasteiger partial charge is 0.390 e. The first-order valence-corrected chi connectivity index (χ1v) is 13.4. The molecule has 0 radical (unpaired) electrons. The molecule has 3 aliphatic rings. The highest BCUT2D eigenvalue weighted by atomic mass is 19.1. The van der Waals surface area contributed by atoms with E-state index in [1.54, 1.807) is 29.2 Å². The Balaban J connectivity index is 1.30. The second-order valence-corrected chi connectivity index (χ2v) is 10.4. The number of halogens is 2. The molecule has 6 rings (SSSR count). The van der Waals surface area contributed by atoms with E-state index < -0.39 is 23.6 Å². The number of ether oxygens (including phenoxy) is 1. The SMILES string of the molecule is Cc1c(C=C2C(=O)Nc3cccc(-c4c(F)cccc4F)c32)[nH]c2c1C(=O)N(CC(O)CN1CCOCC1)CC2. The van der Waals surface area contributed by atoms with Gasteiger partial charge in [-0.3, -0.25) is 14.5 Å². The quantitative estimate of drug-likeness (QED) is 0.410. The Morgan fingerprint density at radius 1 is 1.00 bits per heavy atom. The Kier molecular flexibility index (Phi) is 6.99. The van der Waals surface area contributed by atoms with E-state index in [0.717, 1.165) is 18.8 Å². The van der Waals surface area contributed by atoms with Gasteiger partial charge in [-0.25, -0.2) is 8.78 Å². The maximum absolute atomic E-state index is 14.7. The maximum atomic E-state index is 14.7. The number of amides is 2. The van der Waals surface area contributed by atoms with Crippen molar-refractivity contribution in [3.8, 4) is 11.1 Å². The van der Waals surface area contributed by atoms with Crippen LogP contribution in [0.2, 0.25) is 0 Å². The number of anilines is 1. The topological polar surface area (TPSA) is 97.9 Å². The van der Waals surface area contributed by atoms with Crippen LogP contribution in [0.5, 0.6) is 0 Å².